The summed E-state index contributed by atoms with van der Waals surface area (Å²) in [7, 11) is 0. The van der Waals surface area contributed by atoms with E-state index in [4.69, 9.17) is 16.3 Å². The fourth-order valence-corrected chi connectivity index (χ4v) is 2.63. The minimum absolute atomic E-state index is 0.0716. The van der Waals surface area contributed by atoms with Gasteiger partial charge in [0.15, 0.2) is 6.61 Å². The first-order valence-corrected chi connectivity index (χ1v) is 9.67. The number of nitrogens with zero attached hydrogens (tertiary/aromatic N) is 1. The first-order chi connectivity index (χ1) is 15.3. The zero-order valence-corrected chi connectivity index (χ0v) is 17.4. The van der Waals surface area contributed by atoms with Gasteiger partial charge in [-0.15, -0.1) is 0 Å². The predicted octanol–water partition coefficient (Wildman–Crippen LogP) is 2.36. The van der Waals surface area contributed by atoms with Gasteiger partial charge in [0.05, 0.1) is 15.5 Å². The Hall–Kier alpha value is -3.99. The average molecular weight is 463 g/mol. The molecule has 0 fully saturated rings. The summed E-state index contributed by atoms with van der Waals surface area (Å²) in [5, 5.41) is 13.3. The van der Waals surface area contributed by atoms with Crippen LogP contribution in [0.15, 0.2) is 48.5 Å². The third kappa shape index (κ3) is 8.03. The van der Waals surface area contributed by atoms with Crippen LogP contribution < -0.4 is 16.2 Å². The van der Waals surface area contributed by atoms with Gasteiger partial charge in [-0.3, -0.25) is 40.1 Å². The number of non-ortho nitro benzene ring substituents is 1. The number of halogens is 1. The summed E-state index contributed by atoms with van der Waals surface area (Å²) in [5.74, 6) is -2.48. The largest absolute Gasteiger partial charge is 0.456 e. The summed E-state index contributed by atoms with van der Waals surface area (Å²) in [6, 6.07) is 11.6. The number of amides is 3. The molecule has 2 rings (SSSR count). The Labute approximate surface area is 187 Å². The lowest BCUT2D eigenvalue weighted by Gasteiger charge is -2.08. The molecular weight excluding hydrogens is 444 g/mol. The van der Waals surface area contributed by atoms with E-state index in [1.54, 1.807) is 12.1 Å². The Kier molecular flexibility index (Phi) is 9.11. The minimum atomic E-state index is -0.702. The van der Waals surface area contributed by atoms with Crippen LogP contribution in [0, 0.1) is 10.1 Å². The number of esters is 1. The number of nitrogens with one attached hydrogen (secondary N) is 3. The monoisotopic (exact) mass is 462 g/mol. The average Bonchev–Trinajstić information content (AvgIpc) is 2.76. The molecule has 0 atom stereocenters. The van der Waals surface area contributed by atoms with Crippen LogP contribution >= 0.6 is 11.6 Å². The molecule has 2 aromatic carbocycles. The number of nitro groups is 1. The number of anilines is 1. The molecule has 3 amide bonds. The van der Waals surface area contributed by atoms with E-state index in [9.17, 15) is 29.3 Å². The Bertz CT molecular complexity index is 1030. The molecule has 0 aliphatic carbocycles. The number of carbonyl (C=O) groups is 4. The lowest BCUT2D eigenvalue weighted by atomic mass is 10.2. The van der Waals surface area contributed by atoms with Gasteiger partial charge < -0.3 is 10.1 Å². The summed E-state index contributed by atoms with van der Waals surface area (Å²) >= 11 is 5.89. The SMILES string of the molecule is O=C(CCCC(=O)OCC(=O)Nc1cccc([N+](=O)[O-])c1)NNC(=O)c1ccccc1Cl. The van der Waals surface area contributed by atoms with Gasteiger partial charge in [-0.2, -0.15) is 0 Å². The number of hydrogen-bond acceptors (Lipinski definition) is 7. The molecule has 0 aromatic heterocycles. The highest BCUT2D eigenvalue weighted by molar-refractivity contribution is 6.33. The second-order valence-corrected chi connectivity index (χ2v) is 6.76. The maximum absolute atomic E-state index is 11.9. The van der Waals surface area contributed by atoms with Crippen LogP contribution in [-0.2, 0) is 19.1 Å². The molecule has 2 aromatic rings. The molecule has 0 aliphatic heterocycles. The van der Waals surface area contributed by atoms with Gasteiger partial charge in [0.1, 0.15) is 0 Å². The first kappa shape index (κ1) is 24.3. The number of ether oxygens (including phenoxy) is 1. The van der Waals surface area contributed by atoms with Crippen molar-refractivity contribution in [1.82, 2.24) is 10.9 Å². The molecule has 0 unspecified atom stereocenters. The highest BCUT2D eigenvalue weighted by atomic mass is 35.5. The normalized spacial score (nSPS) is 10.0. The summed E-state index contributed by atoms with van der Waals surface area (Å²) < 4.78 is 4.80. The number of hydrogen-bond donors (Lipinski definition) is 3. The van der Waals surface area contributed by atoms with Gasteiger partial charge in [-0.25, -0.2) is 0 Å². The quantitative estimate of drug-likeness (QED) is 0.293. The maximum atomic E-state index is 11.9. The Morgan fingerprint density at radius 2 is 1.72 bits per heavy atom. The van der Waals surface area contributed by atoms with Gasteiger partial charge in [0, 0.05) is 30.7 Å². The fourth-order valence-electron chi connectivity index (χ4n) is 2.41. The van der Waals surface area contributed by atoms with E-state index in [0.29, 0.717) is 0 Å². The molecule has 0 spiro atoms. The van der Waals surface area contributed by atoms with Crippen molar-refractivity contribution in [1.29, 1.82) is 0 Å². The van der Waals surface area contributed by atoms with E-state index in [2.05, 4.69) is 16.2 Å². The lowest BCUT2D eigenvalue weighted by Crippen LogP contribution is -2.41. The smallest absolute Gasteiger partial charge is 0.306 e. The molecular formula is C20H19ClN4O7. The van der Waals surface area contributed by atoms with Crippen LogP contribution in [0.3, 0.4) is 0 Å². The summed E-state index contributed by atoms with van der Waals surface area (Å²) in [6.45, 7) is -0.582. The van der Waals surface area contributed by atoms with E-state index in [1.165, 1.54) is 36.4 Å². The van der Waals surface area contributed by atoms with Crippen LogP contribution in [0.5, 0.6) is 0 Å². The highest BCUT2D eigenvalue weighted by Gasteiger charge is 2.13. The second-order valence-electron chi connectivity index (χ2n) is 6.35. The zero-order chi connectivity index (χ0) is 23.5. The predicted molar refractivity (Wildman–Crippen MR) is 114 cm³/mol. The molecule has 168 valence electrons. The van der Waals surface area contributed by atoms with Crippen LogP contribution in [-0.4, -0.2) is 35.2 Å². The second kappa shape index (κ2) is 12.0. The number of nitro benzene ring substituents is 1. The van der Waals surface area contributed by atoms with E-state index in [0.717, 1.165) is 0 Å². The van der Waals surface area contributed by atoms with Crippen molar-refractivity contribution in [2.45, 2.75) is 19.3 Å². The standard InChI is InChI=1S/C20H19ClN4O7/c21-16-8-2-1-7-15(16)20(29)24-23-17(26)9-4-10-19(28)32-12-18(27)22-13-5-3-6-14(11-13)25(30)31/h1-3,5-8,11H,4,9-10,12H2,(H,22,27)(H,23,26)(H,24,29). The van der Waals surface area contributed by atoms with E-state index in [1.807, 2.05) is 0 Å². The van der Waals surface area contributed by atoms with Crippen molar-refractivity contribution in [3.05, 3.63) is 69.2 Å². The van der Waals surface area contributed by atoms with E-state index in [-0.39, 0.29) is 41.2 Å². The topological polar surface area (TPSA) is 157 Å². The Morgan fingerprint density at radius 1 is 0.969 bits per heavy atom. The van der Waals surface area contributed by atoms with Crippen molar-refractivity contribution in [3.63, 3.8) is 0 Å². The number of rotatable bonds is 9. The number of hydrazine groups is 1. The molecule has 0 bridgehead atoms. The minimum Gasteiger partial charge on any atom is -0.456 e. The molecule has 11 nitrogen and oxygen atoms in total. The lowest BCUT2D eigenvalue weighted by molar-refractivity contribution is -0.384. The van der Waals surface area contributed by atoms with Crippen molar-refractivity contribution in [3.8, 4) is 0 Å². The third-order valence-corrected chi connectivity index (χ3v) is 4.25. The zero-order valence-electron chi connectivity index (χ0n) is 16.6. The Morgan fingerprint density at radius 3 is 2.44 bits per heavy atom. The molecule has 0 radical (unpaired) electrons. The molecule has 0 aliphatic rings. The van der Waals surface area contributed by atoms with Gasteiger partial charge in [-0.1, -0.05) is 29.8 Å². The molecule has 3 N–H and O–H groups in total. The number of carbonyl (C=O) groups excluding carboxylic acids is 4. The number of benzene rings is 2. The van der Waals surface area contributed by atoms with E-state index >= 15 is 0 Å². The van der Waals surface area contributed by atoms with Gasteiger partial charge in [0.25, 0.3) is 17.5 Å². The van der Waals surface area contributed by atoms with Crippen LogP contribution in [0.1, 0.15) is 29.6 Å². The molecule has 0 heterocycles. The van der Waals surface area contributed by atoms with E-state index < -0.39 is 35.2 Å². The summed E-state index contributed by atoms with van der Waals surface area (Å²) in [6.07, 6.45) is -0.0765. The maximum Gasteiger partial charge on any atom is 0.306 e. The Balaban J connectivity index is 1.63. The van der Waals surface area contributed by atoms with Crippen molar-refractivity contribution in [2.75, 3.05) is 11.9 Å². The van der Waals surface area contributed by atoms with Crippen molar-refractivity contribution >= 4 is 46.7 Å². The van der Waals surface area contributed by atoms with Crippen molar-refractivity contribution in [2.24, 2.45) is 0 Å². The molecule has 32 heavy (non-hydrogen) atoms. The van der Waals surface area contributed by atoms with Gasteiger partial charge in [0.2, 0.25) is 5.91 Å². The van der Waals surface area contributed by atoms with Crippen molar-refractivity contribution < 1.29 is 28.8 Å². The molecule has 0 saturated heterocycles. The third-order valence-electron chi connectivity index (χ3n) is 3.92. The summed E-state index contributed by atoms with van der Waals surface area (Å²) in [4.78, 5) is 57.3. The highest BCUT2D eigenvalue weighted by Crippen LogP contribution is 2.17. The van der Waals surface area contributed by atoms with Crippen LogP contribution in [0.4, 0.5) is 11.4 Å². The first-order valence-electron chi connectivity index (χ1n) is 9.30. The fraction of sp³-hybridized carbons (Fsp3) is 0.200. The van der Waals surface area contributed by atoms with Gasteiger partial charge >= 0.3 is 5.97 Å². The van der Waals surface area contributed by atoms with Crippen LogP contribution in [0.2, 0.25) is 5.02 Å². The van der Waals surface area contributed by atoms with Gasteiger partial charge in [-0.05, 0) is 24.6 Å². The molecule has 12 heteroatoms. The molecule has 0 saturated carbocycles. The summed E-state index contributed by atoms with van der Waals surface area (Å²) in [5.41, 5.74) is 4.62. The van der Waals surface area contributed by atoms with Crippen LogP contribution in [0.25, 0.3) is 0 Å².